The molecule has 0 radical (unpaired) electrons. The van der Waals surface area contributed by atoms with E-state index in [9.17, 15) is 13.2 Å². The Morgan fingerprint density at radius 2 is 1.76 bits per heavy atom. The van der Waals surface area contributed by atoms with Crippen molar-refractivity contribution in [1.82, 2.24) is 14.9 Å². The molecule has 2 heterocycles. The van der Waals surface area contributed by atoms with E-state index in [1.54, 1.807) is 6.07 Å². The number of likely N-dealkylation sites (N-methyl/N-ethyl adjacent to an activating group) is 1. The highest BCUT2D eigenvalue weighted by molar-refractivity contribution is 5.82. The average molecular weight is 351 g/mol. The van der Waals surface area contributed by atoms with Crippen LogP contribution in [0.5, 0.6) is 0 Å². The molecule has 1 aliphatic rings. The van der Waals surface area contributed by atoms with Crippen LogP contribution in [0.25, 0.3) is 11.3 Å². The predicted octanol–water partition coefficient (Wildman–Crippen LogP) is 2.89. The van der Waals surface area contributed by atoms with E-state index < -0.39 is 11.7 Å². The van der Waals surface area contributed by atoms with E-state index in [0.29, 0.717) is 5.82 Å². The largest absolute Gasteiger partial charge is 0.417 e. The van der Waals surface area contributed by atoms with Crippen molar-refractivity contribution >= 4 is 11.5 Å². The maximum absolute atomic E-state index is 13.3. The zero-order valence-corrected chi connectivity index (χ0v) is 13.9. The Balaban J connectivity index is 1.98. The number of halogens is 3. The number of rotatable bonds is 3. The molecule has 0 saturated carbocycles. The van der Waals surface area contributed by atoms with E-state index >= 15 is 0 Å². The van der Waals surface area contributed by atoms with Crippen LogP contribution in [0.15, 0.2) is 30.6 Å². The molecule has 0 atom stereocenters. The lowest BCUT2D eigenvalue weighted by atomic mass is 10.0. The van der Waals surface area contributed by atoms with Gasteiger partial charge in [-0.05, 0) is 12.6 Å². The molecule has 1 aliphatic heterocycles. The molecule has 1 fully saturated rings. The van der Waals surface area contributed by atoms with Gasteiger partial charge in [-0.1, -0.05) is 25.1 Å². The number of alkyl halides is 3. The first-order valence-electron chi connectivity index (χ1n) is 8.16. The van der Waals surface area contributed by atoms with Crippen molar-refractivity contribution in [3.63, 3.8) is 0 Å². The summed E-state index contributed by atoms with van der Waals surface area (Å²) < 4.78 is 39.9. The molecule has 3 rings (SSSR count). The number of hydrogen-bond donors (Lipinski definition) is 1. The van der Waals surface area contributed by atoms with Gasteiger partial charge in [-0.3, -0.25) is 0 Å². The second-order valence-electron chi connectivity index (χ2n) is 5.92. The normalized spacial score (nSPS) is 16.2. The van der Waals surface area contributed by atoms with Gasteiger partial charge in [0.05, 0.1) is 11.3 Å². The number of nitrogen functional groups attached to an aromatic ring is 1. The predicted molar refractivity (Wildman–Crippen MR) is 91.2 cm³/mol. The molecule has 0 bridgehead atoms. The molecule has 2 N–H and O–H groups in total. The summed E-state index contributed by atoms with van der Waals surface area (Å²) in [5.41, 5.74) is 5.71. The van der Waals surface area contributed by atoms with Gasteiger partial charge in [0.2, 0.25) is 0 Å². The highest BCUT2D eigenvalue weighted by atomic mass is 19.4. The van der Waals surface area contributed by atoms with Crippen LogP contribution in [-0.4, -0.2) is 47.6 Å². The minimum Gasteiger partial charge on any atom is -0.394 e. The second kappa shape index (κ2) is 6.87. The van der Waals surface area contributed by atoms with Gasteiger partial charge in [0.15, 0.2) is 5.82 Å². The SMILES string of the molecule is CCN1CCN(c2ncnc(-c3ccccc3C(F)(F)F)c2N)CC1. The Morgan fingerprint density at radius 3 is 2.40 bits per heavy atom. The number of nitrogens with zero attached hydrogens (tertiary/aromatic N) is 4. The Morgan fingerprint density at radius 1 is 1.08 bits per heavy atom. The first kappa shape index (κ1) is 17.5. The molecule has 0 aliphatic carbocycles. The molecule has 1 aromatic heterocycles. The van der Waals surface area contributed by atoms with Crippen molar-refractivity contribution in [3.05, 3.63) is 36.2 Å². The first-order chi connectivity index (χ1) is 11.9. The molecular weight excluding hydrogens is 331 g/mol. The minimum absolute atomic E-state index is 0.0247. The minimum atomic E-state index is -4.47. The van der Waals surface area contributed by atoms with Crippen LogP contribution < -0.4 is 10.6 Å². The van der Waals surface area contributed by atoms with Crippen molar-refractivity contribution in [2.24, 2.45) is 0 Å². The molecule has 1 saturated heterocycles. The van der Waals surface area contributed by atoms with Crippen LogP contribution in [0.3, 0.4) is 0 Å². The summed E-state index contributed by atoms with van der Waals surface area (Å²) in [6.07, 6.45) is -3.19. The van der Waals surface area contributed by atoms with Gasteiger partial charge >= 0.3 is 6.18 Å². The fourth-order valence-electron chi connectivity index (χ4n) is 3.07. The summed E-state index contributed by atoms with van der Waals surface area (Å²) in [6, 6.07) is 5.33. The molecule has 1 aromatic carbocycles. The lowest BCUT2D eigenvalue weighted by Gasteiger charge is -2.35. The zero-order chi connectivity index (χ0) is 18.0. The van der Waals surface area contributed by atoms with Crippen LogP contribution in [0.2, 0.25) is 0 Å². The van der Waals surface area contributed by atoms with Crippen molar-refractivity contribution in [2.45, 2.75) is 13.1 Å². The summed E-state index contributed by atoms with van der Waals surface area (Å²) in [5.74, 6) is 0.498. The number of aromatic nitrogens is 2. The van der Waals surface area contributed by atoms with E-state index in [4.69, 9.17) is 5.73 Å². The van der Waals surface area contributed by atoms with Crippen molar-refractivity contribution in [3.8, 4) is 11.3 Å². The highest BCUT2D eigenvalue weighted by Crippen LogP contribution is 2.39. The van der Waals surface area contributed by atoms with Gasteiger partial charge in [-0.25, -0.2) is 9.97 Å². The van der Waals surface area contributed by atoms with Gasteiger partial charge in [-0.2, -0.15) is 13.2 Å². The van der Waals surface area contributed by atoms with Crippen molar-refractivity contribution < 1.29 is 13.2 Å². The van der Waals surface area contributed by atoms with Crippen LogP contribution in [0, 0.1) is 0 Å². The number of anilines is 2. The molecule has 0 unspecified atom stereocenters. The topological polar surface area (TPSA) is 58.3 Å². The van der Waals surface area contributed by atoms with E-state index in [0.717, 1.165) is 38.8 Å². The Bertz CT molecular complexity index is 739. The number of nitrogens with two attached hydrogens (primary N) is 1. The van der Waals surface area contributed by atoms with Crippen LogP contribution in [0.4, 0.5) is 24.7 Å². The van der Waals surface area contributed by atoms with Crippen molar-refractivity contribution in [2.75, 3.05) is 43.4 Å². The highest BCUT2D eigenvalue weighted by Gasteiger charge is 2.34. The van der Waals surface area contributed by atoms with E-state index in [1.807, 2.05) is 4.90 Å². The van der Waals surface area contributed by atoms with Gasteiger partial charge in [0.1, 0.15) is 12.0 Å². The molecule has 0 amide bonds. The van der Waals surface area contributed by atoms with Gasteiger partial charge in [0.25, 0.3) is 0 Å². The summed E-state index contributed by atoms with van der Waals surface area (Å²) in [4.78, 5) is 12.6. The number of piperazine rings is 1. The fourth-order valence-corrected chi connectivity index (χ4v) is 3.07. The summed E-state index contributed by atoms with van der Waals surface area (Å²) in [5, 5.41) is 0. The van der Waals surface area contributed by atoms with Gasteiger partial charge < -0.3 is 15.5 Å². The number of benzene rings is 1. The third-order valence-corrected chi connectivity index (χ3v) is 4.47. The molecular formula is C17H20F3N5. The van der Waals surface area contributed by atoms with Crippen molar-refractivity contribution in [1.29, 1.82) is 0 Å². The molecule has 8 heteroatoms. The molecule has 0 spiro atoms. The first-order valence-corrected chi connectivity index (χ1v) is 8.16. The second-order valence-corrected chi connectivity index (χ2v) is 5.92. The quantitative estimate of drug-likeness (QED) is 0.921. The molecule has 2 aromatic rings. The summed E-state index contributed by atoms with van der Waals surface area (Å²) in [6.45, 7) is 6.27. The van der Waals surface area contributed by atoms with Gasteiger partial charge in [0, 0.05) is 31.7 Å². The maximum atomic E-state index is 13.3. The maximum Gasteiger partial charge on any atom is 0.417 e. The van der Waals surface area contributed by atoms with Crippen LogP contribution >= 0.6 is 0 Å². The molecule has 25 heavy (non-hydrogen) atoms. The Labute approximate surface area is 144 Å². The molecule has 134 valence electrons. The molecule has 5 nitrogen and oxygen atoms in total. The lowest BCUT2D eigenvalue weighted by Crippen LogP contribution is -2.46. The Kier molecular flexibility index (Phi) is 4.80. The number of hydrogen-bond acceptors (Lipinski definition) is 5. The fraction of sp³-hybridized carbons (Fsp3) is 0.412. The van der Waals surface area contributed by atoms with Crippen LogP contribution in [-0.2, 0) is 6.18 Å². The van der Waals surface area contributed by atoms with Crippen LogP contribution in [0.1, 0.15) is 12.5 Å². The van der Waals surface area contributed by atoms with E-state index in [-0.39, 0.29) is 16.9 Å². The lowest BCUT2D eigenvalue weighted by molar-refractivity contribution is -0.137. The standard InChI is InChI=1S/C17H20F3N5/c1-2-24-7-9-25(10-8-24)16-14(21)15(22-11-23-16)12-5-3-4-6-13(12)17(18,19)20/h3-6,11H,2,7-10,21H2,1H3. The monoisotopic (exact) mass is 351 g/mol. The van der Waals surface area contributed by atoms with E-state index in [1.165, 1.54) is 18.5 Å². The zero-order valence-electron chi connectivity index (χ0n) is 13.9. The third kappa shape index (κ3) is 3.53. The summed E-state index contributed by atoms with van der Waals surface area (Å²) >= 11 is 0. The smallest absolute Gasteiger partial charge is 0.394 e. The summed E-state index contributed by atoms with van der Waals surface area (Å²) in [7, 11) is 0. The van der Waals surface area contributed by atoms with Gasteiger partial charge in [-0.15, -0.1) is 0 Å². The third-order valence-electron chi connectivity index (χ3n) is 4.47. The van der Waals surface area contributed by atoms with E-state index in [2.05, 4.69) is 21.8 Å². The Hall–Kier alpha value is -2.35. The average Bonchev–Trinajstić information content (AvgIpc) is 2.61.